The van der Waals surface area contributed by atoms with Crippen LogP contribution < -0.4 is 20.7 Å². The lowest BCUT2D eigenvalue weighted by Crippen LogP contribution is -2.29. The third kappa shape index (κ3) is 5.45. The third-order valence-corrected chi connectivity index (χ3v) is 5.92. The standard InChI is InChI=1S/C26H30N8O2/c1-28-15-21(35)16-36-22-7-2-4-17(12-22)24-32-25(23(13-27)26(33-24)31-18-8-9-18)29-14-20-6-3-5-19-10-11-30-34(19)20/h2-7,10-13,18,21,27-28,35H,8-9,14-16H2,1H3,(H2,29,31,32,33). The number of aliphatic hydroxyl groups is 1. The van der Waals surface area contributed by atoms with Gasteiger partial charge >= 0.3 is 0 Å². The van der Waals surface area contributed by atoms with Crippen LogP contribution in [0.1, 0.15) is 24.1 Å². The molecule has 3 heterocycles. The molecule has 1 saturated carbocycles. The Morgan fingerprint density at radius 3 is 2.81 bits per heavy atom. The van der Waals surface area contributed by atoms with E-state index in [0.29, 0.717) is 47.9 Å². The van der Waals surface area contributed by atoms with Gasteiger partial charge in [0, 0.05) is 30.6 Å². The number of pyridine rings is 1. The van der Waals surface area contributed by atoms with Crippen molar-refractivity contribution in [1.82, 2.24) is 24.9 Å². The highest BCUT2D eigenvalue weighted by Gasteiger charge is 2.24. The number of benzene rings is 1. The highest BCUT2D eigenvalue weighted by Crippen LogP contribution is 2.31. The van der Waals surface area contributed by atoms with E-state index in [1.807, 2.05) is 53.0 Å². The van der Waals surface area contributed by atoms with Gasteiger partial charge in [0.05, 0.1) is 23.3 Å². The minimum atomic E-state index is -0.605. The molecular weight excluding hydrogens is 456 g/mol. The molecule has 10 heteroatoms. The molecule has 1 atom stereocenters. The van der Waals surface area contributed by atoms with E-state index in [4.69, 9.17) is 20.1 Å². The van der Waals surface area contributed by atoms with E-state index in [2.05, 4.69) is 21.0 Å². The average molecular weight is 487 g/mol. The zero-order chi connectivity index (χ0) is 24.9. The molecule has 36 heavy (non-hydrogen) atoms. The maximum atomic E-state index is 9.97. The quantitative estimate of drug-likeness (QED) is 0.193. The molecule has 0 amide bonds. The van der Waals surface area contributed by atoms with Gasteiger partial charge in [-0.2, -0.15) is 5.10 Å². The molecule has 0 spiro atoms. The summed E-state index contributed by atoms with van der Waals surface area (Å²) >= 11 is 0. The van der Waals surface area contributed by atoms with Crippen LogP contribution >= 0.6 is 0 Å². The van der Waals surface area contributed by atoms with Gasteiger partial charge in [-0.05, 0) is 50.2 Å². The monoisotopic (exact) mass is 486 g/mol. The summed E-state index contributed by atoms with van der Waals surface area (Å²) in [5, 5.41) is 32.2. The summed E-state index contributed by atoms with van der Waals surface area (Å²) in [7, 11) is 1.79. The Labute approximate surface area is 209 Å². The average Bonchev–Trinajstić information content (AvgIpc) is 3.58. The number of hydrogen-bond donors (Lipinski definition) is 5. The summed E-state index contributed by atoms with van der Waals surface area (Å²) in [5.74, 6) is 2.34. The maximum absolute atomic E-state index is 9.97. The lowest BCUT2D eigenvalue weighted by atomic mass is 10.2. The van der Waals surface area contributed by atoms with Crippen LogP contribution in [0.25, 0.3) is 16.9 Å². The van der Waals surface area contributed by atoms with Gasteiger partial charge in [0.25, 0.3) is 0 Å². The van der Waals surface area contributed by atoms with Crippen LogP contribution in [0.4, 0.5) is 11.6 Å². The minimum absolute atomic E-state index is 0.179. The number of likely N-dealkylation sites (N-methyl/N-ethyl adjacent to an activating group) is 1. The number of hydrogen-bond acceptors (Lipinski definition) is 9. The first kappa shape index (κ1) is 23.7. The van der Waals surface area contributed by atoms with Crippen molar-refractivity contribution in [3.05, 3.63) is 66.0 Å². The van der Waals surface area contributed by atoms with Gasteiger partial charge in [0.2, 0.25) is 0 Å². The Bertz CT molecular complexity index is 1350. The van der Waals surface area contributed by atoms with Crippen LogP contribution in [-0.4, -0.2) is 63.2 Å². The summed E-state index contributed by atoms with van der Waals surface area (Å²) in [6.45, 7) is 1.11. The minimum Gasteiger partial charge on any atom is -0.491 e. The van der Waals surface area contributed by atoms with E-state index in [0.717, 1.165) is 29.6 Å². The molecule has 10 nitrogen and oxygen atoms in total. The summed E-state index contributed by atoms with van der Waals surface area (Å²) in [6.07, 6.45) is 4.62. The van der Waals surface area contributed by atoms with E-state index in [9.17, 15) is 5.11 Å². The van der Waals surface area contributed by atoms with Crippen LogP contribution in [0.5, 0.6) is 5.75 Å². The van der Waals surface area contributed by atoms with Crippen molar-refractivity contribution >= 4 is 23.4 Å². The van der Waals surface area contributed by atoms with Crippen molar-refractivity contribution in [2.45, 2.75) is 31.5 Å². The summed E-state index contributed by atoms with van der Waals surface area (Å²) in [6, 6.07) is 15.8. The fourth-order valence-corrected chi connectivity index (χ4v) is 3.93. The molecule has 5 N–H and O–H groups in total. The van der Waals surface area contributed by atoms with E-state index in [-0.39, 0.29) is 6.61 Å². The number of aromatic nitrogens is 4. The highest BCUT2D eigenvalue weighted by molar-refractivity contribution is 5.91. The highest BCUT2D eigenvalue weighted by atomic mass is 16.5. The van der Waals surface area contributed by atoms with E-state index < -0.39 is 6.10 Å². The molecular formula is C26H30N8O2. The molecule has 5 rings (SSSR count). The number of aliphatic hydroxyl groups excluding tert-OH is 1. The SMILES string of the molecule is CNCC(O)COc1cccc(-c2nc(NCc3cccc4ccnn34)c(C=N)c(NC3CC3)n2)c1. The molecule has 4 aromatic rings. The first-order valence-electron chi connectivity index (χ1n) is 12.0. The van der Waals surface area contributed by atoms with Crippen molar-refractivity contribution in [3.8, 4) is 17.1 Å². The molecule has 1 unspecified atom stereocenters. The summed E-state index contributed by atoms with van der Waals surface area (Å²) in [5.41, 5.74) is 3.38. The first-order valence-corrected chi connectivity index (χ1v) is 12.0. The van der Waals surface area contributed by atoms with Gasteiger partial charge in [0.1, 0.15) is 30.1 Å². The number of fused-ring (bicyclic) bond motifs is 1. The maximum Gasteiger partial charge on any atom is 0.164 e. The molecule has 186 valence electrons. The van der Waals surface area contributed by atoms with Gasteiger partial charge in [-0.25, -0.2) is 14.5 Å². The van der Waals surface area contributed by atoms with Crippen molar-refractivity contribution in [3.63, 3.8) is 0 Å². The second-order valence-corrected chi connectivity index (χ2v) is 8.81. The van der Waals surface area contributed by atoms with Crippen LogP contribution in [-0.2, 0) is 6.54 Å². The van der Waals surface area contributed by atoms with Crippen molar-refractivity contribution < 1.29 is 9.84 Å². The number of nitrogens with one attached hydrogen (secondary N) is 4. The smallest absolute Gasteiger partial charge is 0.164 e. The van der Waals surface area contributed by atoms with Crippen LogP contribution in [0.15, 0.2) is 54.7 Å². The zero-order valence-corrected chi connectivity index (χ0v) is 20.1. The van der Waals surface area contributed by atoms with E-state index in [1.54, 1.807) is 13.2 Å². The lowest BCUT2D eigenvalue weighted by Gasteiger charge is -2.16. The van der Waals surface area contributed by atoms with Crippen molar-refractivity contribution in [2.24, 2.45) is 0 Å². The van der Waals surface area contributed by atoms with Crippen molar-refractivity contribution in [2.75, 3.05) is 30.8 Å². The second kappa shape index (κ2) is 10.7. The second-order valence-electron chi connectivity index (χ2n) is 8.81. The molecule has 1 aliphatic rings. The normalized spacial score (nSPS) is 13.9. The summed E-state index contributed by atoms with van der Waals surface area (Å²) < 4.78 is 7.66. The van der Waals surface area contributed by atoms with Crippen LogP contribution in [0, 0.1) is 5.41 Å². The third-order valence-electron chi connectivity index (χ3n) is 5.92. The Morgan fingerprint density at radius 1 is 1.17 bits per heavy atom. The molecule has 0 radical (unpaired) electrons. The molecule has 1 aliphatic carbocycles. The lowest BCUT2D eigenvalue weighted by molar-refractivity contribution is 0.108. The molecule has 0 saturated heterocycles. The van der Waals surface area contributed by atoms with Crippen LogP contribution in [0.3, 0.4) is 0 Å². The van der Waals surface area contributed by atoms with E-state index in [1.165, 1.54) is 6.21 Å². The van der Waals surface area contributed by atoms with Gasteiger partial charge < -0.3 is 31.2 Å². The predicted molar refractivity (Wildman–Crippen MR) is 140 cm³/mol. The zero-order valence-electron chi connectivity index (χ0n) is 20.1. The van der Waals surface area contributed by atoms with Gasteiger partial charge in [0.15, 0.2) is 5.82 Å². The Kier molecular flexibility index (Phi) is 7.06. The number of ether oxygens (including phenoxy) is 1. The molecule has 0 aliphatic heterocycles. The number of nitrogens with zero attached hydrogens (tertiary/aromatic N) is 4. The predicted octanol–water partition coefficient (Wildman–Crippen LogP) is 2.93. The Hall–Kier alpha value is -4.02. The molecule has 0 bridgehead atoms. The fourth-order valence-electron chi connectivity index (χ4n) is 3.93. The number of anilines is 2. The first-order chi connectivity index (χ1) is 17.6. The van der Waals surface area contributed by atoms with Crippen LogP contribution in [0.2, 0.25) is 0 Å². The molecule has 1 fully saturated rings. The van der Waals surface area contributed by atoms with E-state index >= 15 is 0 Å². The molecule has 3 aromatic heterocycles. The number of rotatable bonds is 12. The fraction of sp³-hybridized carbons (Fsp3) is 0.308. The Morgan fingerprint density at radius 2 is 2.00 bits per heavy atom. The van der Waals surface area contributed by atoms with Gasteiger partial charge in [-0.3, -0.25) is 0 Å². The molecule has 1 aromatic carbocycles. The van der Waals surface area contributed by atoms with Gasteiger partial charge in [-0.15, -0.1) is 0 Å². The Balaban J connectivity index is 1.44. The largest absolute Gasteiger partial charge is 0.491 e. The van der Waals surface area contributed by atoms with Crippen molar-refractivity contribution in [1.29, 1.82) is 5.41 Å². The van der Waals surface area contributed by atoms with Gasteiger partial charge in [-0.1, -0.05) is 18.2 Å². The summed E-state index contributed by atoms with van der Waals surface area (Å²) in [4.78, 5) is 9.56. The topological polar surface area (TPSA) is 132 Å².